The lowest BCUT2D eigenvalue weighted by Crippen LogP contribution is -2.36. The van der Waals surface area contributed by atoms with E-state index in [0.29, 0.717) is 6.42 Å². The number of halogens is 1. The molecule has 0 saturated carbocycles. The van der Waals surface area contributed by atoms with Crippen molar-refractivity contribution in [2.45, 2.75) is 18.9 Å². The minimum absolute atomic E-state index is 0.196. The van der Waals surface area contributed by atoms with Crippen LogP contribution >= 0.6 is 15.9 Å². The molecule has 0 fully saturated rings. The summed E-state index contributed by atoms with van der Waals surface area (Å²) in [6.07, 6.45) is 2.23. The first kappa shape index (κ1) is 10.7. The number of nitrogens with zero attached hydrogens (tertiary/aromatic N) is 2. The fourth-order valence-electron chi connectivity index (χ4n) is 1.34. The molecular weight excluding hydrogens is 234 g/mol. The Hall–Kier alpha value is -0.390. The monoisotopic (exact) mass is 247 g/mol. The molecule has 0 bridgehead atoms. The Balaban J connectivity index is 3.18. The van der Waals surface area contributed by atoms with Crippen molar-refractivity contribution in [2.24, 2.45) is 12.8 Å². The maximum absolute atomic E-state index is 10.1. The zero-order chi connectivity index (χ0) is 10.1. The Bertz CT molecular complexity index is 274. The number of nitrogens with two attached hydrogens (primary N) is 1. The topological polar surface area (TPSA) is 64.1 Å². The third kappa shape index (κ3) is 1.77. The highest BCUT2D eigenvalue weighted by molar-refractivity contribution is 9.10. The lowest BCUT2D eigenvalue weighted by molar-refractivity contribution is 0.0328. The van der Waals surface area contributed by atoms with Crippen molar-refractivity contribution in [3.05, 3.63) is 16.4 Å². The maximum Gasteiger partial charge on any atom is 0.119 e. The molecule has 1 rings (SSSR count). The predicted molar refractivity (Wildman–Crippen MR) is 54.2 cm³/mol. The Morgan fingerprint density at radius 1 is 1.77 bits per heavy atom. The van der Waals surface area contributed by atoms with Gasteiger partial charge in [-0.3, -0.25) is 4.68 Å². The molecule has 4 nitrogen and oxygen atoms in total. The third-order valence-electron chi connectivity index (χ3n) is 2.26. The summed E-state index contributed by atoms with van der Waals surface area (Å²) in [5.74, 6) is 0. The van der Waals surface area contributed by atoms with Gasteiger partial charge in [0.1, 0.15) is 5.60 Å². The van der Waals surface area contributed by atoms with E-state index in [1.54, 1.807) is 17.9 Å². The van der Waals surface area contributed by atoms with Crippen LogP contribution in [0.4, 0.5) is 0 Å². The van der Waals surface area contributed by atoms with Crippen LogP contribution in [0.3, 0.4) is 0 Å². The number of aromatic nitrogens is 2. The zero-order valence-electron chi connectivity index (χ0n) is 7.79. The van der Waals surface area contributed by atoms with Gasteiger partial charge in [0.05, 0.1) is 16.4 Å². The minimum atomic E-state index is -0.982. The van der Waals surface area contributed by atoms with E-state index in [-0.39, 0.29) is 6.54 Å². The van der Waals surface area contributed by atoms with Gasteiger partial charge in [-0.15, -0.1) is 0 Å². The fourth-order valence-corrected chi connectivity index (χ4v) is 2.06. The van der Waals surface area contributed by atoms with E-state index >= 15 is 0 Å². The second kappa shape index (κ2) is 3.77. The molecule has 74 valence electrons. The van der Waals surface area contributed by atoms with Gasteiger partial charge in [-0.05, 0) is 22.4 Å². The molecule has 3 N–H and O–H groups in total. The number of hydrogen-bond acceptors (Lipinski definition) is 3. The molecule has 1 aromatic heterocycles. The molecule has 0 aliphatic heterocycles. The van der Waals surface area contributed by atoms with Crippen LogP contribution < -0.4 is 5.73 Å². The second-order valence-electron chi connectivity index (χ2n) is 3.05. The molecule has 1 unspecified atom stereocenters. The summed E-state index contributed by atoms with van der Waals surface area (Å²) in [4.78, 5) is 0. The maximum atomic E-state index is 10.1. The number of hydrogen-bond donors (Lipinski definition) is 2. The minimum Gasteiger partial charge on any atom is -0.382 e. The molecule has 13 heavy (non-hydrogen) atoms. The van der Waals surface area contributed by atoms with Crippen LogP contribution in [0.15, 0.2) is 10.7 Å². The summed E-state index contributed by atoms with van der Waals surface area (Å²) in [6, 6.07) is 0. The summed E-state index contributed by atoms with van der Waals surface area (Å²) in [5, 5.41) is 14.2. The Morgan fingerprint density at radius 2 is 2.38 bits per heavy atom. The molecule has 1 heterocycles. The van der Waals surface area contributed by atoms with Crippen LogP contribution in [-0.4, -0.2) is 21.4 Å². The molecule has 0 aromatic carbocycles. The Labute approximate surface area is 85.9 Å². The largest absolute Gasteiger partial charge is 0.382 e. The van der Waals surface area contributed by atoms with E-state index in [9.17, 15) is 5.11 Å². The number of rotatable bonds is 3. The highest BCUT2D eigenvalue weighted by Gasteiger charge is 2.30. The van der Waals surface area contributed by atoms with Crippen molar-refractivity contribution in [3.8, 4) is 0 Å². The van der Waals surface area contributed by atoms with E-state index in [2.05, 4.69) is 21.0 Å². The normalized spacial score (nSPS) is 15.8. The van der Waals surface area contributed by atoms with Crippen LogP contribution in [0.25, 0.3) is 0 Å². The van der Waals surface area contributed by atoms with Crippen molar-refractivity contribution in [3.63, 3.8) is 0 Å². The van der Waals surface area contributed by atoms with Gasteiger partial charge in [0.25, 0.3) is 0 Å². The second-order valence-corrected chi connectivity index (χ2v) is 3.91. The van der Waals surface area contributed by atoms with E-state index in [0.717, 1.165) is 10.2 Å². The van der Waals surface area contributed by atoms with Crippen LogP contribution in [0.5, 0.6) is 0 Å². The highest BCUT2D eigenvalue weighted by atomic mass is 79.9. The summed E-state index contributed by atoms with van der Waals surface area (Å²) in [5.41, 5.74) is 5.29. The molecule has 1 aromatic rings. The molecule has 0 spiro atoms. The van der Waals surface area contributed by atoms with Crippen molar-refractivity contribution in [2.75, 3.05) is 6.54 Å². The smallest absolute Gasteiger partial charge is 0.119 e. The number of aliphatic hydroxyl groups is 1. The van der Waals surface area contributed by atoms with E-state index in [1.165, 1.54) is 0 Å². The van der Waals surface area contributed by atoms with Crippen LogP contribution in [0.2, 0.25) is 0 Å². The van der Waals surface area contributed by atoms with Gasteiger partial charge < -0.3 is 10.8 Å². The molecule has 0 aliphatic rings. The molecule has 0 aliphatic carbocycles. The SMILES string of the molecule is CCC(O)(CN)c1c(Br)cnn1C. The third-order valence-corrected chi connectivity index (χ3v) is 2.84. The zero-order valence-corrected chi connectivity index (χ0v) is 9.37. The molecular formula is C8H14BrN3O. The van der Waals surface area contributed by atoms with E-state index in [4.69, 9.17) is 5.73 Å². The first-order valence-electron chi connectivity index (χ1n) is 4.15. The van der Waals surface area contributed by atoms with Gasteiger partial charge in [0, 0.05) is 13.6 Å². The summed E-state index contributed by atoms with van der Waals surface area (Å²) in [7, 11) is 1.79. The summed E-state index contributed by atoms with van der Waals surface area (Å²) < 4.78 is 2.44. The van der Waals surface area contributed by atoms with Gasteiger partial charge in [-0.2, -0.15) is 5.10 Å². The van der Waals surface area contributed by atoms with Crippen molar-refractivity contribution < 1.29 is 5.11 Å². The fraction of sp³-hybridized carbons (Fsp3) is 0.625. The molecule has 0 amide bonds. The molecule has 0 saturated heterocycles. The first-order chi connectivity index (χ1) is 6.05. The van der Waals surface area contributed by atoms with Gasteiger partial charge >= 0.3 is 0 Å². The summed E-state index contributed by atoms with van der Waals surface area (Å²) in [6.45, 7) is 2.09. The predicted octanol–water partition coefficient (Wildman–Crippen LogP) is 0.739. The molecule has 0 radical (unpaired) electrons. The van der Waals surface area contributed by atoms with Gasteiger partial charge in [0.15, 0.2) is 0 Å². The van der Waals surface area contributed by atoms with Crippen molar-refractivity contribution in [1.82, 2.24) is 9.78 Å². The van der Waals surface area contributed by atoms with Crippen LogP contribution in [0.1, 0.15) is 19.0 Å². The lowest BCUT2D eigenvalue weighted by Gasteiger charge is -2.25. The quantitative estimate of drug-likeness (QED) is 0.829. The average Bonchev–Trinajstić information content (AvgIpc) is 2.46. The first-order valence-corrected chi connectivity index (χ1v) is 4.95. The van der Waals surface area contributed by atoms with Crippen molar-refractivity contribution in [1.29, 1.82) is 0 Å². The summed E-state index contributed by atoms with van der Waals surface area (Å²) >= 11 is 3.34. The van der Waals surface area contributed by atoms with E-state index < -0.39 is 5.60 Å². The number of aryl methyl sites for hydroxylation is 1. The lowest BCUT2D eigenvalue weighted by atomic mass is 9.97. The van der Waals surface area contributed by atoms with Gasteiger partial charge in [-0.1, -0.05) is 6.92 Å². The van der Waals surface area contributed by atoms with Crippen LogP contribution in [-0.2, 0) is 12.6 Å². The molecule has 5 heteroatoms. The standard InChI is InChI=1S/C8H14BrN3O/c1-3-8(13,5-10)7-6(9)4-11-12(7)2/h4,13H,3,5,10H2,1-2H3. The van der Waals surface area contributed by atoms with Crippen molar-refractivity contribution >= 4 is 15.9 Å². The van der Waals surface area contributed by atoms with E-state index in [1.807, 2.05) is 6.92 Å². The Morgan fingerprint density at radius 3 is 2.69 bits per heavy atom. The molecule has 1 atom stereocenters. The van der Waals surface area contributed by atoms with Gasteiger partial charge in [0.2, 0.25) is 0 Å². The average molecular weight is 248 g/mol. The van der Waals surface area contributed by atoms with Crippen LogP contribution in [0, 0.1) is 0 Å². The van der Waals surface area contributed by atoms with Gasteiger partial charge in [-0.25, -0.2) is 0 Å². The Kier molecular flexibility index (Phi) is 3.10. The highest BCUT2D eigenvalue weighted by Crippen LogP contribution is 2.29.